The van der Waals surface area contributed by atoms with Gasteiger partial charge in [0.2, 0.25) is 15.9 Å². The average Bonchev–Trinajstić information content (AvgIpc) is 3.12. The third-order valence-corrected chi connectivity index (χ3v) is 7.05. The molecule has 1 fully saturated rings. The lowest BCUT2D eigenvalue weighted by atomic mass is 9.86. The molecule has 0 radical (unpaired) electrons. The summed E-state index contributed by atoms with van der Waals surface area (Å²) in [5.74, 6) is -0.273. The van der Waals surface area contributed by atoms with Crippen LogP contribution in [0.15, 0.2) is 53.4 Å². The summed E-state index contributed by atoms with van der Waals surface area (Å²) in [5.41, 5.74) is 2.62. The zero-order valence-electron chi connectivity index (χ0n) is 16.9. The van der Waals surface area contributed by atoms with E-state index in [2.05, 4.69) is 26.1 Å². The molecule has 0 unspecified atom stereocenters. The first-order chi connectivity index (χ1) is 13.1. The molecule has 28 heavy (non-hydrogen) atoms. The third kappa shape index (κ3) is 4.13. The number of aryl methyl sites for hydroxylation is 1. The molecular formula is C22H28N2O3S. The number of carbonyl (C=O) groups excluding carboxylic acids is 1. The van der Waals surface area contributed by atoms with Gasteiger partial charge < -0.3 is 5.32 Å². The van der Waals surface area contributed by atoms with Crippen molar-refractivity contribution in [3.63, 3.8) is 0 Å². The van der Waals surface area contributed by atoms with E-state index in [1.165, 1.54) is 4.31 Å². The number of hydrogen-bond donors (Lipinski definition) is 1. The highest BCUT2D eigenvalue weighted by atomic mass is 32.2. The van der Waals surface area contributed by atoms with Crippen LogP contribution in [0.25, 0.3) is 0 Å². The molecule has 0 aromatic heterocycles. The fourth-order valence-electron chi connectivity index (χ4n) is 3.60. The molecule has 1 aliphatic heterocycles. The van der Waals surface area contributed by atoms with Crippen molar-refractivity contribution in [1.82, 2.24) is 4.31 Å². The minimum absolute atomic E-state index is 0.132. The normalized spacial score (nSPS) is 18.2. The number of carbonyl (C=O) groups is 1. The van der Waals surface area contributed by atoms with Crippen LogP contribution in [0.3, 0.4) is 0 Å². The Morgan fingerprint density at radius 2 is 1.71 bits per heavy atom. The van der Waals surface area contributed by atoms with Gasteiger partial charge in [0.25, 0.3) is 0 Å². The van der Waals surface area contributed by atoms with Crippen LogP contribution < -0.4 is 5.32 Å². The van der Waals surface area contributed by atoms with Crippen LogP contribution in [0, 0.1) is 6.92 Å². The van der Waals surface area contributed by atoms with Gasteiger partial charge in [0.05, 0.1) is 4.90 Å². The van der Waals surface area contributed by atoms with Crippen molar-refractivity contribution in [1.29, 1.82) is 0 Å². The van der Waals surface area contributed by atoms with Crippen LogP contribution >= 0.6 is 0 Å². The molecule has 1 aliphatic rings. The predicted molar refractivity (Wildman–Crippen MR) is 112 cm³/mol. The van der Waals surface area contributed by atoms with E-state index in [-0.39, 0.29) is 16.2 Å². The van der Waals surface area contributed by atoms with Gasteiger partial charge >= 0.3 is 0 Å². The molecule has 1 heterocycles. The predicted octanol–water partition coefficient (Wildman–Crippen LogP) is 4.08. The van der Waals surface area contributed by atoms with Crippen molar-refractivity contribution in [3.05, 3.63) is 59.7 Å². The van der Waals surface area contributed by atoms with Gasteiger partial charge in [0.1, 0.15) is 6.04 Å². The second-order valence-electron chi connectivity index (χ2n) is 8.37. The average molecular weight is 401 g/mol. The Morgan fingerprint density at radius 3 is 2.36 bits per heavy atom. The van der Waals surface area contributed by atoms with Gasteiger partial charge in [-0.1, -0.05) is 56.7 Å². The maximum Gasteiger partial charge on any atom is 0.243 e. The second kappa shape index (κ2) is 7.68. The minimum atomic E-state index is -3.71. The number of benzene rings is 2. The van der Waals surface area contributed by atoms with Gasteiger partial charge in [0, 0.05) is 12.2 Å². The van der Waals surface area contributed by atoms with Crippen LogP contribution in [0.5, 0.6) is 0 Å². The van der Waals surface area contributed by atoms with Crippen molar-refractivity contribution < 1.29 is 13.2 Å². The lowest BCUT2D eigenvalue weighted by Crippen LogP contribution is -2.43. The quantitative estimate of drug-likeness (QED) is 0.841. The summed E-state index contributed by atoms with van der Waals surface area (Å²) < 4.78 is 27.5. The van der Waals surface area contributed by atoms with Crippen LogP contribution in [0.1, 0.15) is 44.7 Å². The van der Waals surface area contributed by atoms with Gasteiger partial charge in [-0.05, 0) is 48.9 Å². The molecule has 5 nitrogen and oxygen atoms in total. The first-order valence-electron chi connectivity index (χ1n) is 9.59. The van der Waals surface area contributed by atoms with E-state index >= 15 is 0 Å². The maximum absolute atomic E-state index is 13.1. The van der Waals surface area contributed by atoms with E-state index in [1.807, 2.05) is 31.2 Å². The van der Waals surface area contributed by atoms with Crippen molar-refractivity contribution in [2.75, 3.05) is 11.9 Å². The highest BCUT2D eigenvalue weighted by Crippen LogP contribution is 2.31. The summed E-state index contributed by atoms with van der Waals surface area (Å²) in [6.45, 7) is 8.52. The summed E-state index contributed by atoms with van der Waals surface area (Å²) in [6, 6.07) is 13.7. The Bertz CT molecular complexity index is 960. The van der Waals surface area contributed by atoms with E-state index in [4.69, 9.17) is 0 Å². The number of amides is 1. The number of anilines is 1. The largest absolute Gasteiger partial charge is 0.324 e. The van der Waals surface area contributed by atoms with Crippen molar-refractivity contribution in [3.8, 4) is 0 Å². The molecule has 0 saturated carbocycles. The molecule has 1 saturated heterocycles. The number of nitrogens with one attached hydrogen (secondary N) is 1. The van der Waals surface area contributed by atoms with Gasteiger partial charge in [0.15, 0.2) is 0 Å². The van der Waals surface area contributed by atoms with E-state index in [9.17, 15) is 13.2 Å². The Hall–Kier alpha value is -2.18. The lowest BCUT2D eigenvalue weighted by molar-refractivity contribution is -0.119. The minimum Gasteiger partial charge on any atom is -0.324 e. The van der Waals surface area contributed by atoms with E-state index < -0.39 is 16.1 Å². The number of sulfonamides is 1. The van der Waals surface area contributed by atoms with Gasteiger partial charge in [-0.25, -0.2) is 8.42 Å². The zero-order valence-corrected chi connectivity index (χ0v) is 17.7. The lowest BCUT2D eigenvalue weighted by Gasteiger charge is -2.26. The number of hydrogen-bond acceptors (Lipinski definition) is 3. The first-order valence-corrected chi connectivity index (χ1v) is 11.0. The van der Waals surface area contributed by atoms with Crippen molar-refractivity contribution in [2.24, 2.45) is 0 Å². The summed E-state index contributed by atoms with van der Waals surface area (Å²) in [6.07, 6.45) is 1.19. The molecule has 150 valence electrons. The van der Waals surface area contributed by atoms with Crippen LogP contribution in [-0.4, -0.2) is 31.2 Å². The fourth-order valence-corrected chi connectivity index (χ4v) is 5.25. The molecule has 2 aromatic rings. The summed E-state index contributed by atoms with van der Waals surface area (Å²) in [5, 5.41) is 2.98. The first kappa shape index (κ1) is 20.6. The fraction of sp³-hybridized carbons (Fsp3) is 0.409. The van der Waals surface area contributed by atoms with Crippen LogP contribution in [-0.2, 0) is 20.2 Å². The number of para-hydroxylation sites is 1. The SMILES string of the molecule is Cc1ccc(S(=O)(=O)N2CCC[C@@H]2C(=O)Nc2ccccc2C(C)(C)C)cc1. The molecular weight excluding hydrogens is 372 g/mol. The van der Waals surface area contributed by atoms with Gasteiger partial charge in [-0.3, -0.25) is 4.79 Å². The van der Waals surface area contributed by atoms with E-state index in [1.54, 1.807) is 24.3 Å². The zero-order chi connectivity index (χ0) is 20.5. The highest BCUT2D eigenvalue weighted by Gasteiger charge is 2.39. The summed E-state index contributed by atoms with van der Waals surface area (Å²) in [7, 11) is -3.71. The second-order valence-corrected chi connectivity index (χ2v) is 10.3. The van der Waals surface area contributed by atoms with Crippen LogP contribution in [0.4, 0.5) is 5.69 Å². The Kier molecular flexibility index (Phi) is 5.64. The summed E-state index contributed by atoms with van der Waals surface area (Å²) in [4.78, 5) is 13.2. The molecule has 0 aliphatic carbocycles. The van der Waals surface area contributed by atoms with E-state index in [0.29, 0.717) is 19.4 Å². The van der Waals surface area contributed by atoms with Gasteiger partial charge in [-0.2, -0.15) is 4.31 Å². The smallest absolute Gasteiger partial charge is 0.243 e. The van der Waals surface area contributed by atoms with E-state index in [0.717, 1.165) is 16.8 Å². The van der Waals surface area contributed by atoms with Crippen molar-refractivity contribution >= 4 is 21.6 Å². The number of rotatable bonds is 4. The molecule has 1 amide bonds. The Labute approximate surface area is 167 Å². The molecule has 1 N–H and O–H groups in total. The molecule has 0 bridgehead atoms. The third-order valence-electron chi connectivity index (χ3n) is 5.13. The van der Waals surface area contributed by atoms with Gasteiger partial charge in [-0.15, -0.1) is 0 Å². The standard InChI is InChI=1S/C22H28N2O3S/c1-16-11-13-17(14-12-16)28(26,27)24-15-7-10-20(24)21(25)23-19-9-6-5-8-18(19)22(2,3)4/h5-6,8-9,11-14,20H,7,10,15H2,1-4H3,(H,23,25)/t20-/m1/s1. The molecule has 3 rings (SSSR count). The molecule has 2 aromatic carbocycles. The molecule has 6 heteroatoms. The number of nitrogens with zero attached hydrogens (tertiary/aromatic N) is 1. The topological polar surface area (TPSA) is 66.5 Å². The molecule has 1 atom stereocenters. The highest BCUT2D eigenvalue weighted by molar-refractivity contribution is 7.89. The summed E-state index contributed by atoms with van der Waals surface area (Å²) >= 11 is 0. The van der Waals surface area contributed by atoms with Crippen LogP contribution in [0.2, 0.25) is 0 Å². The Morgan fingerprint density at radius 1 is 1.07 bits per heavy atom. The van der Waals surface area contributed by atoms with Crippen molar-refractivity contribution in [2.45, 2.75) is 56.9 Å². The maximum atomic E-state index is 13.1. The monoisotopic (exact) mass is 400 g/mol. The Balaban J connectivity index is 1.86. The molecule has 0 spiro atoms.